The zero-order valence-electron chi connectivity index (χ0n) is 22.7. The number of amides is 1. The normalized spacial score (nSPS) is 15.4. The van der Waals surface area contributed by atoms with Gasteiger partial charge in [0, 0.05) is 46.2 Å². The Labute approximate surface area is 214 Å². The molecule has 0 spiro atoms. The van der Waals surface area contributed by atoms with Crippen LogP contribution in [0.5, 0.6) is 0 Å². The minimum atomic E-state index is -0.0267. The third kappa shape index (κ3) is 5.84. The number of carbonyl (C=O) groups is 1. The third-order valence-corrected chi connectivity index (χ3v) is 6.30. The largest absolute Gasteiger partial charge is 0.380 e. The van der Waals surface area contributed by atoms with E-state index in [2.05, 4.69) is 45.2 Å². The number of anilines is 3. The summed E-state index contributed by atoms with van der Waals surface area (Å²) in [6.07, 6.45) is 6.09. The molecule has 0 bridgehead atoms. The fourth-order valence-electron chi connectivity index (χ4n) is 4.53. The van der Waals surface area contributed by atoms with Crippen molar-refractivity contribution in [3.8, 4) is 0 Å². The zero-order chi connectivity index (χ0) is 26.5. The van der Waals surface area contributed by atoms with Crippen molar-refractivity contribution in [3.05, 3.63) is 35.3 Å². The Morgan fingerprint density at radius 1 is 1.25 bits per heavy atom. The van der Waals surface area contributed by atoms with Crippen LogP contribution in [-0.2, 0) is 11.2 Å². The number of imidazole rings is 1. The highest BCUT2D eigenvalue weighted by molar-refractivity contribution is 5.78. The molecule has 4 rings (SSSR count). The zero-order valence-corrected chi connectivity index (χ0v) is 21.7. The maximum Gasteiger partial charge on any atom is 0.243 e. The van der Waals surface area contributed by atoms with Crippen LogP contribution < -0.4 is 16.0 Å². The molecule has 1 atom stereocenters. The minimum Gasteiger partial charge on any atom is -0.380 e. The van der Waals surface area contributed by atoms with Gasteiger partial charge in [0.05, 0.1) is 18.4 Å². The lowest BCUT2D eigenvalue weighted by atomic mass is 10.1. The number of likely N-dealkylation sites (N-methyl/N-ethyl adjacent to an activating group) is 1. The summed E-state index contributed by atoms with van der Waals surface area (Å²) in [6.45, 7) is 7.78. The summed E-state index contributed by atoms with van der Waals surface area (Å²) in [5.74, 6) is 1.83. The van der Waals surface area contributed by atoms with Crippen molar-refractivity contribution in [2.75, 3.05) is 62.8 Å². The number of hydrogen-bond acceptors (Lipinski definition) is 9. The molecule has 0 aromatic carbocycles. The Bertz CT molecular complexity index is 1220. The first-order valence-corrected chi connectivity index (χ1v) is 12.5. The van der Waals surface area contributed by atoms with Crippen LogP contribution in [0.1, 0.15) is 44.9 Å². The van der Waals surface area contributed by atoms with Crippen molar-refractivity contribution in [1.29, 1.82) is 0 Å². The van der Waals surface area contributed by atoms with Crippen molar-refractivity contribution in [2.45, 2.75) is 46.1 Å². The highest BCUT2D eigenvalue weighted by Crippen LogP contribution is 2.22. The smallest absolute Gasteiger partial charge is 0.243 e. The number of piperazine rings is 1. The topological polar surface area (TPSA) is 121 Å². The molecule has 11 heteroatoms. The molecule has 0 unspecified atom stereocenters. The number of nitrogens with one attached hydrogen (secondary N) is 1. The highest BCUT2D eigenvalue weighted by atomic mass is 16.2. The van der Waals surface area contributed by atoms with Gasteiger partial charge in [-0.15, -0.1) is 5.10 Å². The van der Waals surface area contributed by atoms with Crippen LogP contribution in [0, 0.1) is 6.92 Å². The summed E-state index contributed by atoms with van der Waals surface area (Å²) in [5, 5.41) is 7.85. The van der Waals surface area contributed by atoms with Crippen molar-refractivity contribution in [3.63, 3.8) is 0 Å². The molecule has 1 amide bonds. The summed E-state index contributed by atoms with van der Waals surface area (Å²) < 4.78 is 9.48. The average molecular weight is 496 g/mol. The summed E-state index contributed by atoms with van der Waals surface area (Å²) in [4.78, 5) is 32.0. The Kier molecular flexibility index (Phi) is 7.45. The van der Waals surface area contributed by atoms with Gasteiger partial charge in [-0.3, -0.25) is 4.79 Å². The van der Waals surface area contributed by atoms with E-state index in [9.17, 15) is 4.79 Å². The number of hydrogen-bond donors (Lipinski definition) is 2. The number of nitrogen functional groups attached to an aromatic ring is 1. The first kappa shape index (κ1) is 24.2. The molecule has 0 aliphatic carbocycles. The van der Waals surface area contributed by atoms with Crippen LogP contribution in [-0.4, -0.2) is 93.1 Å². The van der Waals surface area contributed by atoms with Crippen LogP contribution in [0.4, 0.5) is 17.6 Å². The molecule has 0 radical (unpaired) electrons. The number of pyridine rings is 1. The van der Waals surface area contributed by atoms with E-state index in [1.54, 1.807) is 10.7 Å². The molecule has 3 aromatic heterocycles. The SMILES string of the molecule is [2H]C[C@H](CCC)Nc1nc(N)c2ncc(Cc3cnc(N4CCN(C(=O)CN(C)C)CC4)c(C)c3)n2n1. The summed E-state index contributed by atoms with van der Waals surface area (Å²) in [6, 6.07) is 2.12. The fraction of sp³-hybridized carbons (Fsp3) is 0.560. The Morgan fingerprint density at radius 3 is 2.69 bits per heavy atom. The van der Waals surface area contributed by atoms with Gasteiger partial charge < -0.3 is 25.8 Å². The quantitative estimate of drug-likeness (QED) is 0.458. The van der Waals surface area contributed by atoms with Crippen LogP contribution >= 0.6 is 0 Å². The standard InChI is InChI=1S/C25H38N10O/c1-6-7-18(3)29-25-30-22(26)24-28-15-20(35(24)31-25)13-19-12-17(2)23(27-14-19)34-10-8-33(9-11-34)21(36)16-32(4)5/h12,14-15,18H,6-11,13,16H2,1-5H3,(H3,26,29,30,31)/t18-/m1/s1/i3D. The van der Waals surface area contributed by atoms with Gasteiger partial charge in [0.1, 0.15) is 5.82 Å². The molecule has 0 saturated carbocycles. The van der Waals surface area contributed by atoms with Gasteiger partial charge in [-0.05, 0) is 45.5 Å². The number of fused-ring (bicyclic) bond motifs is 1. The first-order chi connectivity index (χ1) is 17.8. The van der Waals surface area contributed by atoms with E-state index < -0.39 is 0 Å². The number of nitrogens with two attached hydrogens (primary N) is 1. The number of rotatable bonds is 9. The van der Waals surface area contributed by atoms with Gasteiger partial charge in [0.15, 0.2) is 11.5 Å². The summed E-state index contributed by atoms with van der Waals surface area (Å²) in [5.41, 5.74) is 9.70. The predicted octanol–water partition coefficient (Wildman–Crippen LogP) is 1.81. The second-order valence-corrected chi connectivity index (χ2v) is 9.70. The average Bonchev–Trinajstić information content (AvgIpc) is 3.26. The van der Waals surface area contributed by atoms with Crippen molar-refractivity contribution < 1.29 is 6.17 Å². The lowest BCUT2D eigenvalue weighted by Gasteiger charge is -2.36. The second-order valence-electron chi connectivity index (χ2n) is 9.70. The third-order valence-electron chi connectivity index (χ3n) is 6.30. The lowest BCUT2D eigenvalue weighted by molar-refractivity contribution is -0.132. The predicted molar refractivity (Wildman–Crippen MR) is 142 cm³/mol. The van der Waals surface area contributed by atoms with Gasteiger partial charge in [-0.1, -0.05) is 19.4 Å². The van der Waals surface area contributed by atoms with E-state index in [1.165, 1.54) is 0 Å². The maximum absolute atomic E-state index is 12.4. The Morgan fingerprint density at radius 2 is 2.03 bits per heavy atom. The van der Waals surface area contributed by atoms with Crippen molar-refractivity contribution in [2.24, 2.45) is 0 Å². The fourth-order valence-corrected chi connectivity index (χ4v) is 4.53. The molecule has 1 aliphatic heterocycles. The molecule has 11 nitrogen and oxygen atoms in total. The summed E-state index contributed by atoms with van der Waals surface area (Å²) in [7, 11) is 3.83. The van der Waals surface area contributed by atoms with Gasteiger partial charge in [-0.2, -0.15) is 4.98 Å². The van der Waals surface area contributed by atoms with Crippen LogP contribution in [0.15, 0.2) is 18.5 Å². The lowest BCUT2D eigenvalue weighted by Crippen LogP contribution is -2.51. The molecule has 4 heterocycles. The van der Waals surface area contributed by atoms with Crippen molar-refractivity contribution in [1.82, 2.24) is 34.4 Å². The van der Waals surface area contributed by atoms with Crippen molar-refractivity contribution >= 4 is 29.1 Å². The molecule has 3 N–H and O–H groups in total. The molecule has 3 aromatic rings. The molecule has 1 fully saturated rings. The molecular formula is C25H38N10O. The second kappa shape index (κ2) is 11.1. The van der Waals surface area contributed by atoms with E-state index in [0.717, 1.165) is 48.6 Å². The first-order valence-electron chi connectivity index (χ1n) is 13.2. The highest BCUT2D eigenvalue weighted by Gasteiger charge is 2.23. The van der Waals surface area contributed by atoms with Gasteiger partial charge in [-0.25, -0.2) is 14.5 Å². The van der Waals surface area contributed by atoms with E-state index in [1.807, 2.05) is 30.1 Å². The summed E-state index contributed by atoms with van der Waals surface area (Å²) >= 11 is 0. The molecule has 36 heavy (non-hydrogen) atoms. The van der Waals surface area contributed by atoms with E-state index in [4.69, 9.17) is 12.1 Å². The minimum absolute atomic E-state index is 0.0267. The monoisotopic (exact) mass is 495 g/mol. The van der Waals surface area contributed by atoms with E-state index in [-0.39, 0.29) is 18.8 Å². The molecule has 194 valence electrons. The van der Waals surface area contributed by atoms with Crippen LogP contribution in [0.25, 0.3) is 5.65 Å². The van der Waals surface area contributed by atoms with E-state index in [0.29, 0.717) is 43.5 Å². The molecule has 1 aliphatic rings. The Balaban J connectivity index is 1.46. The number of aryl methyl sites for hydroxylation is 1. The van der Waals surface area contributed by atoms with Crippen LogP contribution in [0.3, 0.4) is 0 Å². The molecule has 1 saturated heterocycles. The number of nitrogens with zero attached hydrogens (tertiary/aromatic N) is 8. The van der Waals surface area contributed by atoms with Gasteiger partial charge in [0.2, 0.25) is 11.9 Å². The Hall–Kier alpha value is -3.47. The number of aromatic nitrogens is 5. The molecular weight excluding hydrogens is 456 g/mol. The van der Waals surface area contributed by atoms with Gasteiger partial charge >= 0.3 is 0 Å². The van der Waals surface area contributed by atoms with Gasteiger partial charge in [0.25, 0.3) is 0 Å². The number of carbonyl (C=O) groups excluding carboxylic acids is 1. The van der Waals surface area contributed by atoms with Crippen LogP contribution in [0.2, 0.25) is 0 Å². The van der Waals surface area contributed by atoms with E-state index >= 15 is 0 Å². The maximum atomic E-state index is 12.4.